The van der Waals surface area contributed by atoms with Gasteiger partial charge in [0.05, 0.1) is 11.9 Å². The van der Waals surface area contributed by atoms with Crippen molar-refractivity contribution in [1.82, 2.24) is 25.6 Å². The average molecular weight is 331 g/mol. The van der Waals surface area contributed by atoms with Gasteiger partial charge in [0.1, 0.15) is 5.69 Å². The zero-order valence-corrected chi connectivity index (χ0v) is 13.1. The monoisotopic (exact) mass is 331 g/mol. The van der Waals surface area contributed by atoms with Crippen LogP contribution in [0.2, 0.25) is 0 Å². The molecule has 25 heavy (non-hydrogen) atoms. The molecule has 8 heteroatoms. The summed E-state index contributed by atoms with van der Waals surface area (Å²) in [5, 5.41) is 14.1. The smallest absolute Gasteiger partial charge is 0.252 e. The molecule has 2 amide bonds. The van der Waals surface area contributed by atoms with Gasteiger partial charge in [-0.05, 0) is 35.2 Å². The van der Waals surface area contributed by atoms with Crippen LogP contribution in [0.5, 0.6) is 0 Å². The van der Waals surface area contributed by atoms with Crippen molar-refractivity contribution in [2.24, 2.45) is 9.98 Å². The fraction of sp³-hybridized carbons (Fsp3) is 0.118. The second-order valence-electron chi connectivity index (χ2n) is 5.48. The van der Waals surface area contributed by atoms with Gasteiger partial charge in [-0.25, -0.2) is 4.79 Å². The molecule has 8 nitrogen and oxygen atoms in total. The zero-order valence-electron chi connectivity index (χ0n) is 13.1. The van der Waals surface area contributed by atoms with E-state index >= 15 is 0 Å². The summed E-state index contributed by atoms with van der Waals surface area (Å²) in [7, 11) is 0. The van der Waals surface area contributed by atoms with E-state index in [0.29, 0.717) is 17.9 Å². The molecule has 1 N–H and O–H groups in total. The minimum absolute atomic E-state index is 0.420. The van der Waals surface area contributed by atoms with Gasteiger partial charge in [-0.1, -0.05) is 30.3 Å². The fourth-order valence-corrected chi connectivity index (χ4v) is 2.63. The van der Waals surface area contributed by atoms with Gasteiger partial charge in [-0.15, -0.1) is 10.2 Å². The molecule has 3 heterocycles. The first-order valence-electron chi connectivity index (χ1n) is 7.73. The lowest BCUT2D eigenvalue weighted by Crippen LogP contribution is -1.99. The Morgan fingerprint density at radius 1 is 1.04 bits per heavy atom. The molecule has 0 saturated carbocycles. The van der Waals surface area contributed by atoms with Crippen LogP contribution in [0.15, 0.2) is 52.6 Å². The van der Waals surface area contributed by atoms with Crippen molar-refractivity contribution in [3.05, 3.63) is 48.2 Å². The van der Waals surface area contributed by atoms with Gasteiger partial charge in [0.25, 0.3) is 0 Å². The van der Waals surface area contributed by atoms with Crippen molar-refractivity contribution in [3.8, 4) is 22.6 Å². The molecule has 0 saturated heterocycles. The highest BCUT2D eigenvalue weighted by molar-refractivity contribution is 6.37. The Hall–Kier alpha value is -3.55. The molecule has 0 unspecified atom stereocenters. The number of aromatic nitrogens is 5. The van der Waals surface area contributed by atoms with Crippen LogP contribution in [0.25, 0.3) is 22.6 Å². The summed E-state index contributed by atoms with van der Waals surface area (Å²) in [5.41, 5.74) is 4.52. The van der Waals surface area contributed by atoms with Gasteiger partial charge in [-0.2, -0.15) is 15.2 Å². The molecule has 1 aliphatic heterocycles. The number of H-pyrrole nitrogens is 1. The predicted molar refractivity (Wildman–Crippen MR) is 92.5 cm³/mol. The van der Waals surface area contributed by atoms with E-state index in [1.165, 1.54) is 6.21 Å². The van der Waals surface area contributed by atoms with Crippen molar-refractivity contribution >= 4 is 18.0 Å². The van der Waals surface area contributed by atoms with E-state index < -0.39 is 6.03 Å². The number of carbonyl (C=O) groups is 1. The summed E-state index contributed by atoms with van der Waals surface area (Å²) < 4.78 is 0. The summed E-state index contributed by atoms with van der Waals surface area (Å²) in [6.07, 6.45) is 4.72. The third-order valence-electron chi connectivity index (χ3n) is 3.86. The molecule has 0 fully saturated rings. The molecule has 1 aromatic carbocycles. The van der Waals surface area contributed by atoms with E-state index in [1.54, 1.807) is 6.20 Å². The Kier molecular flexibility index (Phi) is 3.91. The van der Waals surface area contributed by atoms with Crippen LogP contribution in [0, 0.1) is 0 Å². The number of urea groups is 1. The lowest BCUT2D eigenvalue weighted by Gasteiger charge is -2.07. The summed E-state index contributed by atoms with van der Waals surface area (Å²) in [6.45, 7) is 0. The maximum Gasteiger partial charge on any atom is 0.367 e. The van der Waals surface area contributed by atoms with E-state index in [-0.39, 0.29) is 0 Å². The number of benzene rings is 1. The quantitative estimate of drug-likeness (QED) is 0.772. The predicted octanol–water partition coefficient (Wildman–Crippen LogP) is 2.51. The highest BCUT2D eigenvalue weighted by Crippen LogP contribution is 2.28. The minimum Gasteiger partial charge on any atom is -0.252 e. The molecule has 122 valence electrons. The van der Waals surface area contributed by atoms with E-state index in [0.717, 1.165) is 28.8 Å². The number of aryl methyl sites for hydroxylation is 1. The molecule has 1 aliphatic rings. The molecule has 0 radical (unpaired) electrons. The molecular weight excluding hydrogens is 318 g/mol. The van der Waals surface area contributed by atoms with E-state index in [1.807, 2.05) is 24.3 Å². The highest BCUT2D eigenvalue weighted by Gasteiger charge is 2.12. The van der Waals surface area contributed by atoms with Crippen molar-refractivity contribution in [3.63, 3.8) is 0 Å². The number of nitrogens with one attached hydrogen (secondary N) is 1. The second kappa shape index (κ2) is 6.52. The number of pyridine rings is 1. The third kappa shape index (κ3) is 3.23. The minimum atomic E-state index is -0.420. The maximum atomic E-state index is 11.0. The van der Waals surface area contributed by atoms with Crippen LogP contribution < -0.4 is 0 Å². The Bertz CT molecular complexity index is 959. The molecule has 0 atom stereocenters. The van der Waals surface area contributed by atoms with Crippen LogP contribution in [0.4, 0.5) is 4.79 Å². The summed E-state index contributed by atoms with van der Waals surface area (Å²) in [5.74, 6) is 0.461. The van der Waals surface area contributed by atoms with E-state index in [4.69, 9.17) is 0 Å². The number of carbonyl (C=O) groups excluding carboxylic acids is 1. The molecule has 2 aromatic heterocycles. The van der Waals surface area contributed by atoms with Gasteiger partial charge in [0.2, 0.25) is 5.82 Å². The van der Waals surface area contributed by atoms with E-state index in [9.17, 15) is 4.79 Å². The summed E-state index contributed by atoms with van der Waals surface area (Å²) >= 11 is 0. The number of aliphatic imine (C=N–C) groups is 2. The number of rotatable bonds is 5. The van der Waals surface area contributed by atoms with Crippen molar-refractivity contribution in [1.29, 1.82) is 0 Å². The molecular formula is C17H13N7O. The van der Waals surface area contributed by atoms with Gasteiger partial charge < -0.3 is 0 Å². The number of hydrogen-bond acceptors (Lipinski definition) is 5. The Morgan fingerprint density at radius 2 is 1.92 bits per heavy atom. The van der Waals surface area contributed by atoms with Crippen LogP contribution in [0.1, 0.15) is 12.0 Å². The molecule has 0 spiro atoms. The Labute approximate surface area is 142 Å². The van der Waals surface area contributed by atoms with Crippen LogP contribution in [-0.4, -0.2) is 43.6 Å². The Balaban J connectivity index is 1.54. The standard InChI is InChI=1S/C17H13N7O/c25-17-19-10-13(20-17)8-5-11-3-6-12(7-4-11)14-2-1-9-18-15(14)16-21-23-24-22-16/h1-4,6-7,9-10H,5,8H2,(H,21,22,23,24). The highest BCUT2D eigenvalue weighted by atomic mass is 16.2. The van der Waals surface area contributed by atoms with Crippen molar-refractivity contribution < 1.29 is 4.79 Å². The third-order valence-corrected chi connectivity index (χ3v) is 3.86. The summed E-state index contributed by atoms with van der Waals surface area (Å²) in [6, 6.07) is 11.6. The lowest BCUT2D eigenvalue weighted by molar-refractivity contribution is 0.257. The topological polar surface area (TPSA) is 109 Å². The van der Waals surface area contributed by atoms with Gasteiger partial charge in [-0.3, -0.25) is 4.98 Å². The maximum absolute atomic E-state index is 11.0. The van der Waals surface area contributed by atoms with E-state index in [2.05, 4.69) is 47.7 Å². The van der Waals surface area contributed by atoms with Gasteiger partial charge in [0.15, 0.2) is 0 Å². The second-order valence-corrected chi connectivity index (χ2v) is 5.48. The normalized spacial score (nSPS) is 13.3. The molecule has 0 bridgehead atoms. The van der Waals surface area contributed by atoms with Crippen molar-refractivity contribution in [2.45, 2.75) is 12.8 Å². The SMILES string of the molecule is O=C1N=CC(CCc2ccc(-c3cccnc3-c3nn[nH]n3)cc2)=N1. The molecule has 4 rings (SSSR count). The zero-order chi connectivity index (χ0) is 17.1. The lowest BCUT2D eigenvalue weighted by atomic mass is 10.00. The van der Waals surface area contributed by atoms with Gasteiger partial charge >= 0.3 is 6.03 Å². The first-order valence-corrected chi connectivity index (χ1v) is 7.73. The summed E-state index contributed by atoms with van der Waals surface area (Å²) in [4.78, 5) is 22.8. The number of hydrogen-bond donors (Lipinski definition) is 1. The number of nitrogens with zero attached hydrogens (tertiary/aromatic N) is 6. The van der Waals surface area contributed by atoms with Crippen LogP contribution >= 0.6 is 0 Å². The van der Waals surface area contributed by atoms with Crippen molar-refractivity contribution in [2.75, 3.05) is 0 Å². The fourth-order valence-electron chi connectivity index (χ4n) is 2.63. The number of amides is 2. The first-order chi connectivity index (χ1) is 12.3. The Morgan fingerprint density at radius 3 is 2.64 bits per heavy atom. The largest absolute Gasteiger partial charge is 0.367 e. The average Bonchev–Trinajstić information content (AvgIpc) is 3.32. The molecule has 0 aliphatic carbocycles. The molecule has 3 aromatic rings. The number of aromatic amines is 1. The van der Waals surface area contributed by atoms with Crippen LogP contribution in [-0.2, 0) is 6.42 Å². The van der Waals surface area contributed by atoms with Crippen LogP contribution in [0.3, 0.4) is 0 Å². The number of tetrazole rings is 1. The van der Waals surface area contributed by atoms with Gasteiger partial charge in [0, 0.05) is 11.8 Å². The first kappa shape index (κ1) is 15.0.